The number of H-pyrrole nitrogens is 1. The molecular weight excluding hydrogens is 460 g/mol. The molecule has 0 atom stereocenters. The second-order valence-corrected chi connectivity index (χ2v) is 9.59. The van der Waals surface area contributed by atoms with E-state index in [4.69, 9.17) is 16.6 Å². The molecule has 0 spiro atoms. The molecule has 3 heterocycles. The van der Waals surface area contributed by atoms with Crippen LogP contribution in [0.2, 0.25) is 5.02 Å². The van der Waals surface area contributed by atoms with Crippen LogP contribution in [0.15, 0.2) is 82.6 Å². The Morgan fingerprint density at radius 3 is 2.52 bits per heavy atom. The Labute approximate surface area is 194 Å². The van der Waals surface area contributed by atoms with Gasteiger partial charge < -0.3 is 4.98 Å². The lowest BCUT2D eigenvalue weighted by Gasteiger charge is -2.18. The van der Waals surface area contributed by atoms with E-state index in [0.717, 1.165) is 5.39 Å². The summed E-state index contributed by atoms with van der Waals surface area (Å²) >= 11 is 6.55. The zero-order chi connectivity index (χ0) is 23.2. The Bertz CT molecular complexity index is 1700. The largest absolute Gasteiger partial charge is 0.307 e. The van der Waals surface area contributed by atoms with Gasteiger partial charge in [0.15, 0.2) is 0 Å². The van der Waals surface area contributed by atoms with E-state index in [2.05, 4.69) is 14.7 Å². The number of aromatic nitrogens is 3. The van der Waals surface area contributed by atoms with Crippen molar-refractivity contribution in [1.29, 1.82) is 0 Å². The highest BCUT2D eigenvalue weighted by Crippen LogP contribution is 2.41. The summed E-state index contributed by atoms with van der Waals surface area (Å²) in [6.45, 7) is 0. The van der Waals surface area contributed by atoms with Crippen LogP contribution in [0.1, 0.15) is 0 Å². The maximum atomic E-state index is 13.3. The minimum absolute atomic E-state index is 0.00408. The highest BCUT2D eigenvalue weighted by molar-refractivity contribution is 7.89. The Balaban J connectivity index is 2.02. The summed E-state index contributed by atoms with van der Waals surface area (Å²) in [7, 11) is -2.64. The third-order valence-corrected chi connectivity index (χ3v) is 7.15. The van der Waals surface area contributed by atoms with Gasteiger partial charge in [-0.05, 0) is 36.9 Å². The average Bonchev–Trinajstić information content (AvgIpc) is 2.83. The number of pyridine rings is 3. The third kappa shape index (κ3) is 3.68. The third-order valence-electron chi connectivity index (χ3n) is 5.36. The second-order valence-electron chi connectivity index (χ2n) is 7.36. The van der Waals surface area contributed by atoms with Gasteiger partial charge in [-0.2, -0.15) is 0 Å². The van der Waals surface area contributed by atoms with Crippen molar-refractivity contribution >= 4 is 43.6 Å². The lowest BCUT2D eigenvalue weighted by Crippen LogP contribution is -2.21. The Morgan fingerprint density at radius 2 is 1.76 bits per heavy atom. The SMILES string of the molecule is CNS(=O)(=O)c1c(-c2cc(Cl)c3ncccc3c2)c(-c2ccccc2)nc2[nH]c(=O)ccc12. The summed E-state index contributed by atoms with van der Waals surface area (Å²) in [4.78, 5) is 23.7. The fourth-order valence-electron chi connectivity index (χ4n) is 3.89. The molecule has 9 heteroatoms. The summed E-state index contributed by atoms with van der Waals surface area (Å²) in [6.07, 6.45) is 1.65. The van der Waals surface area contributed by atoms with Gasteiger partial charge in [-0.3, -0.25) is 9.78 Å². The first kappa shape index (κ1) is 21.3. The maximum absolute atomic E-state index is 13.3. The minimum atomic E-state index is -3.98. The summed E-state index contributed by atoms with van der Waals surface area (Å²) in [5.41, 5.74) is 2.44. The number of hydrogen-bond acceptors (Lipinski definition) is 5. The van der Waals surface area contributed by atoms with Crippen molar-refractivity contribution < 1.29 is 8.42 Å². The van der Waals surface area contributed by atoms with E-state index < -0.39 is 10.0 Å². The molecule has 0 radical (unpaired) electrons. The molecular formula is C24H17ClN4O3S. The number of aromatic amines is 1. The Morgan fingerprint density at radius 1 is 0.970 bits per heavy atom. The van der Waals surface area contributed by atoms with E-state index in [-0.39, 0.29) is 16.1 Å². The van der Waals surface area contributed by atoms with Crippen LogP contribution < -0.4 is 10.3 Å². The van der Waals surface area contributed by atoms with Crippen LogP contribution in [0.4, 0.5) is 0 Å². The molecule has 0 bridgehead atoms. The fourth-order valence-corrected chi connectivity index (χ4v) is 5.31. The van der Waals surface area contributed by atoms with Crippen LogP contribution >= 0.6 is 11.6 Å². The topological polar surface area (TPSA) is 105 Å². The molecule has 33 heavy (non-hydrogen) atoms. The van der Waals surface area contributed by atoms with Gasteiger partial charge >= 0.3 is 0 Å². The molecule has 0 aliphatic rings. The molecule has 0 aliphatic carbocycles. The van der Waals surface area contributed by atoms with Crippen molar-refractivity contribution in [2.24, 2.45) is 0 Å². The van der Waals surface area contributed by atoms with Crippen LogP contribution in [0, 0.1) is 0 Å². The van der Waals surface area contributed by atoms with Gasteiger partial charge in [-0.25, -0.2) is 18.1 Å². The van der Waals surface area contributed by atoms with Gasteiger partial charge in [-0.1, -0.05) is 48.0 Å². The van der Waals surface area contributed by atoms with Gasteiger partial charge in [0.1, 0.15) is 10.5 Å². The van der Waals surface area contributed by atoms with Crippen molar-refractivity contribution in [1.82, 2.24) is 19.7 Å². The molecule has 0 saturated heterocycles. The summed E-state index contributed by atoms with van der Waals surface area (Å²) in [5, 5.41) is 1.44. The van der Waals surface area contributed by atoms with Gasteiger partial charge in [0.25, 0.3) is 0 Å². The van der Waals surface area contributed by atoms with Gasteiger partial charge in [0.2, 0.25) is 15.6 Å². The van der Waals surface area contributed by atoms with Gasteiger partial charge in [0, 0.05) is 34.2 Å². The van der Waals surface area contributed by atoms with Crippen LogP contribution in [-0.2, 0) is 10.0 Å². The van der Waals surface area contributed by atoms with Crippen LogP contribution in [0.5, 0.6) is 0 Å². The Hall–Kier alpha value is -3.59. The van der Waals surface area contributed by atoms with Crippen LogP contribution in [0.25, 0.3) is 44.3 Å². The number of nitrogens with zero attached hydrogens (tertiary/aromatic N) is 2. The quantitative estimate of drug-likeness (QED) is 0.401. The van der Waals surface area contributed by atoms with Crippen molar-refractivity contribution in [2.45, 2.75) is 4.90 Å². The van der Waals surface area contributed by atoms with E-state index in [1.54, 1.807) is 18.3 Å². The van der Waals surface area contributed by atoms with Gasteiger partial charge in [0.05, 0.1) is 16.2 Å². The smallest absolute Gasteiger partial charge is 0.249 e. The van der Waals surface area contributed by atoms with E-state index in [1.165, 1.54) is 19.2 Å². The average molecular weight is 477 g/mol. The molecule has 5 rings (SSSR count). The van der Waals surface area contributed by atoms with Crippen LogP contribution in [-0.4, -0.2) is 30.4 Å². The van der Waals surface area contributed by atoms with Gasteiger partial charge in [-0.15, -0.1) is 0 Å². The first-order valence-corrected chi connectivity index (χ1v) is 11.9. The molecule has 3 aromatic heterocycles. The van der Waals surface area contributed by atoms with Crippen molar-refractivity contribution in [2.75, 3.05) is 7.05 Å². The number of nitrogens with one attached hydrogen (secondary N) is 2. The zero-order valence-corrected chi connectivity index (χ0v) is 18.9. The van der Waals surface area contributed by atoms with E-state index in [1.807, 2.05) is 42.5 Å². The van der Waals surface area contributed by atoms with Crippen LogP contribution in [0.3, 0.4) is 0 Å². The van der Waals surface area contributed by atoms with Crippen molar-refractivity contribution in [3.8, 4) is 22.4 Å². The monoisotopic (exact) mass is 476 g/mol. The number of sulfonamides is 1. The zero-order valence-electron chi connectivity index (χ0n) is 17.3. The molecule has 2 aromatic carbocycles. The first-order valence-electron chi connectivity index (χ1n) is 10.00. The number of halogens is 1. The predicted octanol–water partition coefficient (Wildman–Crippen LogP) is 4.37. The summed E-state index contributed by atoms with van der Waals surface area (Å²) in [5.74, 6) is 0. The van der Waals surface area contributed by atoms with E-state index in [9.17, 15) is 13.2 Å². The number of benzene rings is 2. The molecule has 7 nitrogen and oxygen atoms in total. The fraction of sp³-hybridized carbons (Fsp3) is 0.0417. The molecule has 2 N–H and O–H groups in total. The molecule has 5 aromatic rings. The molecule has 0 aliphatic heterocycles. The highest BCUT2D eigenvalue weighted by Gasteiger charge is 2.27. The predicted molar refractivity (Wildman–Crippen MR) is 130 cm³/mol. The highest BCUT2D eigenvalue weighted by atomic mass is 35.5. The molecule has 0 saturated carbocycles. The number of hydrogen-bond donors (Lipinski definition) is 2. The molecule has 164 valence electrons. The van der Waals surface area contributed by atoms with E-state index >= 15 is 0 Å². The second kappa shape index (κ2) is 8.08. The van der Waals surface area contributed by atoms with E-state index in [0.29, 0.717) is 38.3 Å². The number of fused-ring (bicyclic) bond motifs is 2. The standard InChI is InChI=1S/C24H17ClN4O3S/c1-26-33(31,32)23-17-9-10-19(30)28-24(17)29-22(14-6-3-2-4-7-14)20(23)16-12-15-8-5-11-27-21(15)18(25)13-16/h2-13,26H,1H3,(H,28,29,30). The summed E-state index contributed by atoms with van der Waals surface area (Å²) in [6, 6.07) is 19.1. The minimum Gasteiger partial charge on any atom is -0.307 e. The molecule has 0 amide bonds. The van der Waals surface area contributed by atoms with Crippen molar-refractivity contribution in [3.63, 3.8) is 0 Å². The normalized spacial score (nSPS) is 11.8. The lowest BCUT2D eigenvalue weighted by molar-refractivity contribution is 0.589. The maximum Gasteiger partial charge on any atom is 0.249 e. The Kier molecular flexibility index (Phi) is 5.20. The molecule has 0 unspecified atom stereocenters. The summed E-state index contributed by atoms with van der Waals surface area (Å²) < 4.78 is 29.1. The number of rotatable bonds is 4. The lowest BCUT2D eigenvalue weighted by atomic mass is 9.96. The first-order chi connectivity index (χ1) is 15.9. The van der Waals surface area contributed by atoms with Crippen molar-refractivity contribution in [3.05, 3.63) is 88.3 Å². The molecule has 0 fully saturated rings.